The molecular formula is C13H15N3O2. The van der Waals surface area contributed by atoms with Gasteiger partial charge in [-0.05, 0) is 25.3 Å². The van der Waals surface area contributed by atoms with Crippen molar-refractivity contribution in [3.05, 3.63) is 41.6 Å². The second-order valence-corrected chi connectivity index (χ2v) is 4.60. The van der Waals surface area contributed by atoms with Crippen LogP contribution in [0.1, 0.15) is 40.5 Å². The second-order valence-electron chi connectivity index (χ2n) is 4.60. The Morgan fingerprint density at radius 1 is 1.61 bits per heavy atom. The molecule has 0 aromatic carbocycles. The summed E-state index contributed by atoms with van der Waals surface area (Å²) in [5.41, 5.74) is 2.92. The highest BCUT2D eigenvalue weighted by Crippen LogP contribution is 2.29. The number of rotatable bonds is 2. The first-order chi connectivity index (χ1) is 8.75. The fraction of sp³-hybridized carbons (Fsp3) is 0.385. The topological polar surface area (TPSA) is 60.1 Å². The molecule has 94 valence electrons. The van der Waals surface area contributed by atoms with E-state index in [2.05, 4.69) is 10.4 Å². The molecule has 2 aromatic heterocycles. The minimum atomic E-state index is -0.0922. The Hall–Kier alpha value is -2.04. The van der Waals surface area contributed by atoms with Crippen molar-refractivity contribution < 1.29 is 9.21 Å². The Labute approximate surface area is 105 Å². The van der Waals surface area contributed by atoms with Gasteiger partial charge in [0.1, 0.15) is 6.26 Å². The van der Waals surface area contributed by atoms with E-state index in [0.717, 1.165) is 24.8 Å². The molecule has 1 atom stereocenters. The predicted molar refractivity (Wildman–Crippen MR) is 65.1 cm³/mol. The average molecular weight is 245 g/mol. The van der Waals surface area contributed by atoms with Crippen LogP contribution in [-0.4, -0.2) is 15.7 Å². The van der Waals surface area contributed by atoms with Crippen molar-refractivity contribution in [1.82, 2.24) is 15.1 Å². The maximum absolute atomic E-state index is 12.0. The molecule has 2 heterocycles. The Morgan fingerprint density at radius 3 is 3.28 bits per heavy atom. The van der Waals surface area contributed by atoms with E-state index in [1.54, 1.807) is 6.07 Å². The lowest BCUT2D eigenvalue weighted by molar-refractivity contribution is 0.0932. The first-order valence-corrected chi connectivity index (χ1v) is 6.09. The Balaban J connectivity index is 1.80. The summed E-state index contributed by atoms with van der Waals surface area (Å²) in [6.45, 7) is 0. The third-order valence-electron chi connectivity index (χ3n) is 3.46. The SMILES string of the molecule is Cn1ncc2c1CCC[C@@H]2NC(=O)c1ccoc1. The van der Waals surface area contributed by atoms with Gasteiger partial charge in [-0.25, -0.2) is 0 Å². The van der Waals surface area contributed by atoms with Gasteiger partial charge in [0.05, 0.1) is 24.1 Å². The lowest BCUT2D eigenvalue weighted by Crippen LogP contribution is -2.30. The summed E-state index contributed by atoms with van der Waals surface area (Å²) in [4.78, 5) is 12.0. The van der Waals surface area contributed by atoms with Crippen LogP contribution < -0.4 is 5.32 Å². The van der Waals surface area contributed by atoms with E-state index >= 15 is 0 Å². The molecule has 18 heavy (non-hydrogen) atoms. The third kappa shape index (κ3) is 1.81. The molecule has 0 fully saturated rings. The van der Waals surface area contributed by atoms with Gasteiger partial charge in [0.2, 0.25) is 0 Å². The van der Waals surface area contributed by atoms with Gasteiger partial charge >= 0.3 is 0 Å². The third-order valence-corrected chi connectivity index (χ3v) is 3.46. The van der Waals surface area contributed by atoms with Crippen molar-refractivity contribution in [2.24, 2.45) is 7.05 Å². The van der Waals surface area contributed by atoms with E-state index in [0.29, 0.717) is 5.56 Å². The van der Waals surface area contributed by atoms with Crippen LogP contribution in [0.5, 0.6) is 0 Å². The standard InChI is InChI=1S/C13H15N3O2/c1-16-12-4-2-3-11(10(12)7-14-16)15-13(17)9-5-6-18-8-9/h5-8,11H,2-4H2,1H3,(H,15,17)/t11-/m0/s1. The zero-order chi connectivity index (χ0) is 12.5. The molecule has 2 aromatic rings. The van der Waals surface area contributed by atoms with E-state index in [-0.39, 0.29) is 11.9 Å². The zero-order valence-electron chi connectivity index (χ0n) is 10.2. The zero-order valence-corrected chi connectivity index (χ0v) is 10.2. The smallest absolute Gasteiger partial charge is 0.255 e. The van der Waals surface area contributed by atoms with E-state index in [1.165, 1.54) is 18.2 Å². The summed E-state index contributed by atoms with van der Waals surface area (Å²) >= 11 is 0. The van der Waals surface area contributed by atoms with Crippen LogP contribution in [0.3, 0.4) is 0 Å². The summed E-state index contributed by atoms with van der Waals surface area (Å²) in [6, 6.07) is 1.73. The number of carbonyl (C=O) groups excluding carboxylic acids is 1. The first kappa shape index (κ1) is 11.1. The van der Waals surface area contributed by atoms with Gasteiger partial charge < -0.3 is 9.73 Å². The largest absolute Gasteiger partial charge is 0.472 e. The molecule has 0 radical (unpaired) electrons. The van der Waals surface area contributed by atoms with Gasteiger partial charge in [0.25, 0.3) is 5.91 Å². The average Bonchev–Trinajstić information content (AvgIpc) is 3.00. The van der Waals surface area contributed by atoms with Crippen molar-refractivity contribution in [3.8, 4) is 0 Å². The minimum absolute atomic E-state index is 0.0600. The van der Waals surface area contributed by atoms with Crippen LogP contribution in [0.15, 0.2) is 29.2 Å². The molecule has 1 aliphatic rings. The maximum atomic E-state index is 12.0. The monoisotopic (exact) mass is 245 g/mol. The van der Waals surface area contributed by atoms with Gasteiger partial charge in [-0.3, -0.25) is 9.48 Å². The van der Waals surface area contributed by atoms with E-state index in [1.807, 2.05) is 17.9 Å². The number of nitrogens with zero attached hydrogens (tertiary/aromatic N) is 2. The molecule has 1 amide bonds. The summed E-state index contributed by atoms with van der Waals surface area (Å²) in [6.07, 6.45) is 7.89. The number of amides is 1. The number of fused-ring (bicyclic) bond motifs is 1. The van der Waals surface area contributed by atoms with Crippen LogP contribution in [-0.2, 0) is 13.5 Å². The first-order valence-electron chi connectivity index (χ1n) is 6.09. The van der Waals surface area contributed by atoms with E-state index < -0.39 is 0 Å². The maximum Gasteiger partial charge on any atom is 0.255 e. The predicted octanol–water partition coefficient (Wildman–Crippen LogP) is 1.82. The highest BCUT2D eigenvalue weighted by Gasteiger charge is 2.25. The van der Waals surface area contributed by atoms with Gasteiger partial charge in [0, 0.05) is 18.3 Å². The van der Waals surface area contributed by atoms with Crippen molar-refractivity contribution >= 4 is 5.91 Å². The van der Waals surface area contributed by atoms with Gasteiger partial charge in [-0.15, -0.1) is 0 Å². The molecule has 0 bridgehead atoms. The molecule has 5 nitrogen and oxygen atoms in total. The van der Waals surface area contributed by atoms with Crippen LogP contribution in [0.2, 0.25) is 0 Å². The van der Waals surface area contributed by atoms with Gasteiger partial charge in [-0.1, -0.05) is 0 Å². The molecule has 0 saturated carbocycles. The molecule has 5 heteroatoms. The number of furan rings is 1. The number of aryl methyl sites for hydroxylation is 1. The Morgan fingerprint density at radius 2 is 2.50 bits per heavy atom. The lowest BCUT2D eigenvalue weighted by atomic mass is 9.93. The summed E-state index contributed by atoms with van der Waals surface area (Å²) in [7, 11) is 1.94. The molecule has 0 spiro atoms. The van der Waals surface area contributed by atoms with Gasteiger partial charge in [0.15, 0.2) is 0 Å². The molecule has 0 unspecified atom stereocenters. The minimum Gasteiger partial charge on any atom is -0.472 e. The molecule has 0 aliphatic heterocycles. The molecular weight excluding hydrogens is 230 g/mol. The molecule has 3 rings (SSSR count). The number of carbonyl (C=O) groups is 1. The number of nitrogens with one attached hydrogen (secondary N) is 1. The highest BCUT2D eigenvalue weighted by molar-refractivity contribution is 5.94. The van der Waals surface area contributed by atoms with Crippen molar-refractivity contribution in [3.63, 3.8) is 0 Å². The number of hydrogen-bond donors (Lipinski definition) is 1. The van der Waals surface area contributed by atoms with Crippen LogP contribution >= 0.6 is 0 Å². The van der Waals surface area contributed by atoms with Crippen LogP contribution in [0, 0.1) is 0 Å². The Kier molecular flexibility index (Phi) is 2.66. The summed E-state index contributed by atoms with van der Waals surface area (Å²) in [5, 5.41) is 7.30. The second kappa shape index (κ2) is 4.33. The summed E-state index contributed by atoms with van der Waals surface area (Å²) in [5.74, 6) is -0.0922. The van der Waals surface area contributed by atoms with Gasteiger partial charge in [-0.2, -0.15) is 5.10 Å². The van der Waals surface area contributed by atoms with Crippen molar-refractivity contribution in [2.45, 2.75) is 25.3 Å². The number of aromatic nitrogens is 2. The van der Waals surface area contributed by atoms with Crippen LogP contribution in [0.25, 0.3) is 0 Å². The van der Waals surface area contributed by atoms with Crippen molar-refractivity contribution in [1.29, 1.82) is 0 Å². The van der Waals surface area contributed by atoms with E-state index in [4.69, 9.17) is 4.42 Å². The Bertz CT molecular complexity index is 557. The number of hydrogen-bond acceptors (Lipinski definition) is 3. The summed E-state index contributed by atoms with van der Waals surface area (Å²) < 4.78 is 6.82. The van der Waals surface area contributed by atoms with Crippen molar-refractivity contribution in [2.75, 3.05) is 0 Å². The molecule has 0 saturated heterocycles. The molecule has 1 aliphatic carbocycles. The lowest BCUT2D eigenvalue weighted by Gasteiger charge is -2.23. The highest BCUT2D eigenvalue weighted by atomic mass is 16.3. The fourth-order valence-electron chi connectivity index (χ4n) is 2.49. The van der Waals surface area contributed by atoms with Crippen LogP contribution in [0.4, 0.5) is 0 Å². The fourth-order valence-corrected chi connectivity index (χ4v) is 2.49. The normalized spacial score (nSPS) is 18.4. The molecule has 1 N–H and O–H groups in total. The quantitative estimate of drug-likeness (QED) is 0.878. The van der Waals surface area contributed by atoms with E-state index in [9.17, 15) is 4.79 Å².